The van der Waals surface area contributed by atoms with Crippen LogP contribution in [0, 0.1) is 11.8 Å². The number of carbonyl (C=O) groups excluding carboxylic acids is 2. The van der Waals surface area contributed by atoms with Gasteiger partial charge in [0.25, 0.3) is 0 Å². The summed E-state index contributed by atoms with van der Waals surface area (Å²) in [5.41, 5.74) is 11.0. The average Bonchev–Trinajstić information content (AvgIpc) is 2.28. The summed E-state index contributed by atoms with van der Waals surface area (Å²) >= 11 is 0. The summed E-state index contributed by atoms with van der Waals surface area (Å²) in [6.07, 6.45) is 3.35. The Labute approximate surface area is 102 Å². The summed E-state index contributed by atoms with van der Waals surface area (Å²) in [5, 5.41) is 2.96. The molecule has 0 aromatic rings. The first-order valence-electron chi connectivity index (χ1n) is 6.27. The lowest BCUT2D eigenvalue weighted by Gasteiger charge is -2.29. The molecule has 4 unspecified atom stereocenters. The van der Waals surface area contributed by atoms with Crippen molar-refractivity contribution in [2.24, 2.45) is 23.3 Å². The number of amides is 2. The predicted molar refractivity (Wildman–Crippen MR) is 65.9 cm³/mol. The van der Waals surface area contributed by atoms with E-state index in [0.717, 1.165) is 19.3 Å². The van der Waals surface area contributed by atoms with Gasteiger partial charge in [-0.1, -0.05) is 13.3 Å². The number of rotatable bonds is 4. The van der Waals surface area contributed by atoms with Crippen LogP contribution >= 0.6 is 0 Å². The molecule has 98 valence electrons. The second-order valence-corrected chi connectivity index (χ2v) is 5.12. The molecule has 1 saturated carbocycles. The third-order valence-corrected chi connectivity index (χ3v) is 3.63. The number of primary amides is 1. The summed E-state index contributed by atoms with van der Waals surface area (Å²) in [4.78, 5) is 22.9. The van der Waals surface area contributed by atoms with Gasteiger partial charge < -0.3 is 16.8 Å². The van der Waals surface area contributed by atoms with Crippen molar-refractivity contribution in [3.05, 3.63) is 0 Å². The average molecular weight is 241 g/mol. The lowest BCUT2D eigenvalue weighted by Crippen LogP contribution is -2.46. The standard InChI is InChI=1S/C12H23N3O2/c1-7(8(2)13)12(17)15-10-5-3-4-9(6-10)11(14)16/h7-10H,3-6,13H2,1-2H3,(H2,14,16)(H,15,17). The van der Waals surface area contributed by atoms with Gasteiger partial charge in [0, 0.05) is 23.9 Å². The third-order valence-electron chi connectivity index (χ3n) is 3.63. The second-order valence-electron chi connectivity index (χ2n) is 5.12. The van der Waals surface area contributed by atoms with E-state index in [9.17, 15) is 9.59 Å². The van der Waals surface area contributed by atoms with Crippen LogP contribution in [0.1, 0.15) is 39.5 Å². The van der Waals surface area contributed by atoms with E-state index >= 15 is 0 Å². The van der Waals surface area contributed by atoms with Crippen LogP contribution in [-0.4, -0.2) is 23.9 Å². The molecule has 5 nitrogen and oxygen atoms in total. The Balaban J connectivity index is 2.46. The van der Waals surface area contributed by atoms with Crippen LogP contribution in [0.5, 0.6) is 0 Å². The summed E-state index contributed by atoms with van der Waals surface area (Å²) < 4.78 is 0. The van der Waals surface area contributed by atoms with Crippen molar-refractivity contribution in [3.8, 4) is 0 Å². The summed E-state index contributed by atoms with van der Waals surface area (Å²) in [6.45, 7) is 3.63. The minimum Gasteiger partial charge on any atom is -0.369 e. The van der Waals surface area contributed by atoms with Crippen molar-refractivity contribution < 1.29 is 9.59 Å². The Morgan fingerprint density at radius 3 is 2.47 bits per heavy atom. The van der Waals surface area contributed by atoms with E-state index in [1.165, 1.54) is 0 Å². The van der Waals surface area contributed by atoms with Crippen molar-refractivity contribution in [2.75, 3.05) is 0 Å². The summed E-state index contributed by atoms with van der Waals surface area (Å²) in [7, 11) is 0. The van der Waals surface area contributed by atoms with Gasteiger partial charge in [0.05, 0.1) is 0 Å². The molecule has 5 N–H and O–H groups in total. The van der Waals surface area contributed by atoms with Crippen LogP contribution < -0.4 is 16.8 Å². The summed E-state index contributed by atoms with van der Waals surface area (Å²) in [5.74, 6) is -0.595. The van der Waals surface area contributed by atoms with E-state index < -0.39 is 0 Å². The molecule has 0 aromatic carbocycles. The van der Waals surface area contributed by atoms with Gasteiger partial charge in [-0.15, -0.1) is 0 Å². The van der Waals surface area contributed by atoms with Gasteiger partial charge in [-0.3, -0.25) is 9.59 Å². The molecule has 0 bridgehead atoms. The molecule has 0 heterocycles. The first-order valence-corrected chi connectivity index (χ1v) is 6.27. The predicted octanol–water partition coefficient (Wildman–Crippen LogP) is 0.130. The highest BCUT2D eigenvalue weighted by molar-refractivity contribution is 5.80. The van der Waals surface area contributed by atoms with E-state index in [1.807, 2.05) is 13.8 Å². The first-order chi connectivity index (χ1) is 7.91. The highest BCUT2D eigenvalue weighted by Crippen LogP contribution is 2.24. The molecule has 1 aliphatic rings. The molecule has 5 heteroatoms. The second kappa shape index (κ2) is 6.00. The molecular formula is C12H23N3O2. The Morgan fingerprint density at radius 1 is 1.29 bits per heavy atom. The zero-order chi connectivity index (χ0) is 13.0. The Morgan fingerprint density at radius 2 is 1.94 bits per heavy atom. The number of nitrogens with two attached hydrogens (primary N) is 2. The van der Waals surface area contributed by atoms with Crippen molar-refractivity contribution in [2.45, 2.75) is 51.6 Å². The van der Waals surface area contributed by atoms with E-state index in [1.54, 1.807) is 0 Å². The Kier molecular flexibility index (Phi) is 4.93. The van der Waals surface area contributed by atoms with Gasteiger partial charge in [-0.2, -0.15) is 0 Å². The fraction of sp³-hybridized carbons (Fsp3) is 0.833. The van der Waals surface area contributed by atoms with Crippen LogP contribution in [0.4, 0.5) is 0 Å². The van der Waals surface area contributed by atoms with Gasteiger partial charge in [0.1, 0.15) is 0 Å². The van der Waals surface area contributed by atoms with Crippen LogP contribution in [0.2, 0.25) is 0 Å². The maximum absolute atomic E-state index is 11.8. The minimum atomic E-state index is -0.260. The fourth-order valence-corrected chi connectivity index (χ4v) is 2.15. The lowest BCUT2D eigenvalue weighted by molar-refractivity contribution is -0.127. The van der Waals surface area contributed by atoms with Crippen LogP contribution in [0.3, 0.4) is 0 Å². The monoisotopic (exact) mass is 241 g/mol. The SMILES string of the molecule is CC(N)C(C)C(=O)NC1CCCC(C(N)=O)C1. The van der Waals surface area contributed by atoms with E-state index in [2.05, 4.69) is 5.32 Å². The molecule has 0 spiro atoms. The largest absolute Gasteiger partial charge is 0.369 e. The van der Waals surface area contributed by atoms with Crippen LogP contribution in [0.15, 0.2) is 0 Å². The molecule has 0 radical (unpaired) electrons. The minimum absolute atomic E-state index is 0.0323. The maximum atomic E-state index is 11.8. The number of nitrogens with one attached hydrogen (secondary N) is 1. The van der Waals surface area contributed by atoms with Crippen LogP contribution in [-0.2, 0) is 9.59 Å². The molecule has 0 aliphatic heterocycles. The van der Waals surface area contributed by atoms with Gasteiger partial charge >= 0.3 is 0 Å². The van der Waals surface area contributed by atoms with Crippen molar-refractivity contribution in [1.29, 1.82) is 0 Å². The maximum Gasteiger partial charge on any atom is 0.224 e. The fourth-order valence-electron chi connectivity index (χ4n) is 2.15. The highest BCUT2D eigenvalue weighted by atomic mass is 16.2. The smallest absolute Gasteiger partial charge is 0.224 e. The van der Waals surface area contributed by atoms with Gasteiger partial charge in [-0.05, 0) is 26.2 Å². The number of hydrogen-bond acceptors (Lipinski definition) is 3. The summed E-state index contributed by atoms with van der Waals surface area (Å²) in [6, 6.07) is -0.0968. The zero-order valence-corrected chi connectivity index (χ0v) is 10.6. The van der Waals surface area contributed by atoms with E-state index in [-0.39, 0.29) is 35.7 Å². The van der Waals surface area contributed by atoms with E-state index in [4.69, 9.17) is 11.5 Å². The van der Waals surface area contributed by atoms with E-state index in [0.29, 0.717) is 6.42 Å². The lowest BCUT2D eigenvalue weighted by atomic mass is 9.85. The topological polar surface area (TPSA) is 98.2 Å². The number of carbonyl (C=O) groups is 2. The zero-order valence-electron chi connectivity index (χ0n) is 10.6. The van der Waals surface area contributed by atoms with Gasteiger partial charge in [-0.25, -0.2) is 0 Å². The first kappa shape index (κ1) is 14.0. The van der Waals surface area contributed by atoms with Gasteiger partial charge in [0.15, 0.2) is 0 Å². The molecular weight excluding hydrogens is 218 g/mol. The normalized spacial score (nSPS) is 28.2. The Hall–Kier alpha value is -1.10. The Bertz CT molecular complexity index is 291. The molecule has 1 fully saturated rings. The molecule has 1 aliphatic carbocycles. The van der Waals surface area contributed by atoms with Gasteiger partial charge in [0.2, 0.25) is 11.8 Å². The molecule has 0 aromatic heterocycles. The number of hydrogen-bond donors (Lipinski definition) is 3. The van der Waals surface area contributed by atoms with Crippen LogP contribution in [0.25, 0.3) is 0 Å². The van der Waals surface area contributed by atoms with Crippen molar-refractivity contribution >= 4 is 11.8 Å². The molecule has 2 amide bonds. The van der Waals surface area contributed by atoms with Crippen molar-refractivity contribution in [3.63, 3.8) is 0 Å². The quantitative estimate of drug-likeness (QED) is 0.652. The highest BCUT2D eigenvalue weighted by Gasteiger charge is 2.28. The molecule has 0 saturated heterocycles. The third kappa shape index (κ3) is 4.00. The van der Waals surface area contributed by atoms with Crippen molar-refractivity contribution in [1.82, 2.24) is 5.32 Å². The molecule has 4 atom stereocenters. The molecule has 17 heavy (non-hydrogen) atoms. The molecule has 1 rings (SSSR count).